The molecule has 1 saturated carbocycles. The van der Waals surface area contributed by atoms with Gasteiger partial charge in [0.25, 0.3) is 0 Å². The summed E-state index contributed by atoms with van der Waals surface area (Å²) in [5, 5.41) is 16.8. The Morgan fingerprint density at radius 2 is 1.84 bits per heavy atom. The minimum Gasteiger partial charge on any atom is -0.300 e. The highest BCUT2D eigenvalue weighted by atomic mass is 32.2. The van der Waals surface area contributed by atoms with E-state index in [0.29, 0.717) is 17.5 Å². The molecule has 2 aromatic carbocycles. The van der Waals surface area contributed by atoms with Crippen LogP contribution in [0, 0.1) is 11.3 Å². The maximum absolute atomic E-state index is 8.99. The molecule has 0 atom stereocenters. The Balaban J connectivity index is 1.40. The summed E-state index contributed by atoms with van der Waals surface area (Å²) in [6, 6.07) is 23.2. The van der Waals surface area contributed by atoms with Gasteiger partial charge in [-0.2, -0.15) is 10.4 Å². The van der Waals surface area contributed by atoms with Gasteiger partial charge in [0.15, 0.2) is 0 Å². The average molecular weight is 432 g/mol. The molecular formula is C25H29N5S. The second-order valence-electron chi connectivity index (χ2n) is 8.05. The third-order valence-corrected chi connectivity index (χ3v) is 6.94. The number of H-pyrrole nitrogens is 1. The number of hydrogen-bond acceptors (Lipinski definition) is 5. The average Bonchev–Trinajstić information content (AvgIpc) is 3.33. The van der Waals surface area contributed by atoms with Crippen LogP contribution in [0.2, 0.25) is 0 Å². The molecule has 5 nitrogen and oxygen atoms in total. The molecule has 0 aliphatic heterocycles. The molecular weight excluding hydrogens is 402 g/mol. The van der Waals surface area contributed by atoms with Gasteiger partial charge in [0.1, 0.15) is 0 Å². The Kier molecular flexibility index (Phi) is 7.29. The molecule has 6 heteroatoms. The molecule has 1 aromatic heterocycles. The fourth-order valence-corrected chi connectivity index (χ4v) is 5.18. The number of benzene rings is 2. The van der Waals surface area contributed by atoms with Crippen molar-refractivity contribution in [1.29, 1.82) is 5.26 Å². The van der Waals surface area contributed by atoms with Crippen LogP contribution in [-0.4, -0.2) is 22.8 Å². The molecule has 0 radical (unpaired) electrons. The van der Waals surface area contributed by atoms with Crippen LogP contribution in [0.25, 0.3) is 11.3 Å². The normalized spacial score (nSPS) is 18.5. The van der Waals surface area contributed by atoms with Gasteiger partial charge in [0.2, 0.25) is 0 Å². The van der Waals surface area contributed by atoms with E-state index in [1.165, 1.54) is 11.4 Å². The van der Waals surface area contributed by atoms with E-state index in [1.54, 1.807) is 12.1 Å². The molecule has 1 fully saturated rings. The van der Waals surface area contributed by atoms with Crippen molar-refractivity contribution in [2.45, 2.75) is 51.0 Å². The summed E-state index contributed by atoms with van der Waals surface area (Å²) < 4.78 is 5.97. The second kappa shape index (κ2) is 10.5. The van der Waals surface area contributed by atoms with Gasteiger partial charge in [0, 0.05) is 47.6 Å². The highest BCUT2D eigenvalue weighted by Crippen LogP contribution is 2.38. The number of para-hydroxylation sites is 1. The first-order valence-electron chi connectivity index (χ1n) is 11.1. The van der Waals surface area contributed by atoms with Crippen LogP contribution in [0.1, 0.15) is 56.2 Å². The number of nitriles is 1. The zero-order valence-corrected chi connectivity index (χ0v) is 18.7. The van der Waals surface area contributed by atoms with Gasteiger partial charge in [-0.05, 0) is 62.4 Å². The third-order valence-electron chi connectivity index (χ3n) is 5.90. The summed E-state index contributed by atoms with van der Waals surface area (Å²) in [4.78, 5) is 0. The summed E-state index contributed by atoms with van der Waals surface area (Å²) in [6.45, 7) is 3.21. The predicted octanol–water partition coefficient (Wildman–Crippen LogP) is 6.04. The van der Waals surface area contributed by atoms with Gasteiger partial charge < -0.3 is 4.31 Å². The zero-order valence-electron chi connectivity index (χ0n) is 17.9. The number of nitrogens with one attached hydrogen (secondary N) is 2. The first kappa shape index (κ1) is 21.5. The van der Waals surface area contributed by atoms with E-state index in [2.05, 4.69) is 68.6 Å². The molecule has 31 heavy (non-hydrogen) atoms. The maximum Gasteiger partial charge on any atom is 0.0991 e. The van der Waals surface area contributed by atoms with E-state index >= 15 is 0 Å². The van der Waals surface area contributed by atoms with Crippen LogP contribution in [0.15, 0.2) is 60.7 Å². The number of aromatic amines is 1. The molecule has 3 aromatic rings. The molecule has 0 spiro atoms. The molecule has 0 bridgehead atoms. The van der Waals surface area contributed by atoms with Gasteiger partial charge in [-0.1, -0.05) is 37.3 Å². The first-order valence-corrected chi connectivity index (χ1v) is 11.9. The number of hydrogen-bond donors (Lipinski definition) is 2. The van der Waals surface area contributed by atoms with Crippen LogP contribution < -0.4 is 9.03 Å². The quantitative estimate of drug-likeness (QED) is 0.336. The van der Waals surface area contributed by atoms with E-state index in [9.17, 15) is 0 Å². The summed E-state index contributed by atoms with van der Waals surface area (Å²) in [5.74, 6) is 0.516. The van der Waals surface area contributed by atoms with Gasteiger partial charge in [-0.25, -0.2) is 4.72 Å². The van der Waals surface area contributed by atoms with Crippen molar-refractivity contribution in [3.63, 3.8) is 0 Å². The number of anilines is 1. The van der Waals surface area contributed by atoms with Crippen molar-refractivity contribution >= 4 is 17.8 Å². The highest BCUT2D eigenvalue weighted by Gasteiger charge is 2.28. The Hall–Kier alpha value is -2.75. The van der Waals surface area contributed by atoms with E-state index < -0.39 is 0 Å². The Morgan fingerprint density at radius 1 is 1.10 bits per heavy atom. The molecule has 1 heterocycles. The first-order chi connectivity index (χ1) is 15.3. The van der Waals surface area contributed by atoms with Gasteiger partial charge in [-0.15, -0.1) is 0 Å². The van der Waals surface area contributed by atoms with Gasteiger partial charge >= 0.3 is 0 Å². The fraction of sp³-hybridized carbons (Fsp3) is 0.360. The number of aromatic nitrogens is 2. The van der Waals surface area contributed by atoms with Crippen LogP contribution in [0.3, 0.4) is 0 Å². The van der Waals surface area contributed by atoms with E-state index in [0.717, 1.165) is 49.9 Å². The minimum absolute atomic E-state index is 0.516. The summed E-state index contributed by atoms with van der Waals surface area (Å²) in [5.41, 5.74) is 5.16. The lowest BCUT2D eigenvalue weighted by Crippen LogP contribution is -2.35. The van der Waals surface area contributed by atoms with E-state index in [4.69, 9.17) is 5.26 Å². The molecule has 0 saturated heterocycles. The zero-order chi connectivity index (χ0) is 21.5. The lowest BCUT2D eigenvalue weighted by molar-refractivity contribution is 0.394. The molecule has 1 aliphatic carbocycles. The van der Waals surface area contributed by atoms with Crippen molar-refractivity contribution in [1.82, 2.24) is 14.9 Å². The standard InChI is InChI=1S/C25H29N5S/c1-2-16-27-31-30(22-6-4-3-5-7-22)23-14-12-21(13-15-23)25-17-24(28-29-25)20-10-8-19(18-26)9-11-20/h3-11,17,21,23,27H,2,12-16H2,1H3,(H,28,29). The monoisotopic (exact) mass is 431 g/mol. The van der Waals surface area contributed by atoms with E-state index in [1.807, 2.05) is 24.3 Å². The highest BCUT2D eigenvalue weighted by molar-refractivity contribution is 7.98. The molecule has 1 aliphatic rings. The summed E-state index contributed by atoms with van der Waals surface area (Å²) >= 11 is 1.75. The molecule has 0 amide bonds. The van der Waals surface area contributed by atoms with E-state index in [-0.39, 0.29) is 0 Å². The van der Waals surface area contributed by atoms with Crippen molar-refractivity contribution in [3.8, 4) is 17.3 Å². The summed E-state index contributed by atoms with van der Waals surface area (Å²) in [6.07, 6.45) is 5.75. The molecule has 4 rings (SSSR count). The Labute approximate surface area is 189 Å². The molecule has 160 valence electrons. The number of nitrogens with zero attached hydrogens (tertiary/aromatic N) is 3. The molecule has 0 unspecified atom stereocenters. The van der Waals surface area contributed by atoms with Crippen molar-refractivity contribution in [3.05, 3.63) is 71.9 Å². The lowest BCUT2D eigenvalue weighted by Gasteiger charge is -2.37. The van der Waals surface area contributed by atoms with Gasteiger partial charge in [0.05, 0.1) is 17.3 Å². The van der Waals surface area contributed by atoms with Crippen LogP contribution in [0.5, 0.6) is 0 Å². The fourth-order valence-electron chi connectivity index (χ4n) is 4.16. The van der Waals surface area contributed by atoms with Crippen LogP contribution in [0.4, 0.5) is 5.69 Å². The second-order valence-corrected chi connectivity index (χ2v) is 8.91. The molecule has 2 N–H and O–H groups in total. The minimum atomic E-state index is 0.516. The van der Waals surface area contributed by atoms with Crippen molar-refractivity contribution < 1.29 is 0 Å². The van der Waals surface area contributed by atoms with Crippen LogP contribution >= 0.6 is 12.1 Å². The lowest BCUT2D eigenvalue weighted by atomic mass is 9.84. The predicted molar refractivity (Wildman–Crippen MR) is 129 cm³/mol. The van der Waals surface area contributed by atoms with Crippen LogP contribution in [-0.2, 0) is 0 Å². The SMILES string of the molecule is CCCNSN(c1ccccc1)C1CCC(c2cc(-c3ccc(C#N)cc3)n[nH]2)CC1. The maximum atomic E-state index is 8.99. The third kappa shape index (κ3) is 5.30. The summed E-state index contributed by atoms with van der Waals surface area (Å²) in [7, 11) is 0. The van der Waals surface area contributed by atoms with Gasteiger partial charge in [-0.3, -0.25) is 5.10 Å². The largest absolute Gasteiger partial charge is 0.300 e. The smallest absolute Gasteiger partial charge is 0.0991 e. The Morgan fingerprint density at radius 3 is 2.52 bits per heavy atom. The topological polar surface area (TPSA) is 67.7 Å². The Bertz CT molecular complexity index is 985. The number of rotatable bonds is 8. The van der Waals surface area contributed by atoms with Crippen molar-refractivity contribution in [2.75, 3.05) is 10.8 Å². The van der Waals surface area contributed by atoms with Crippen molar-refractivity contribution in [2.24, 2.45) is 0 Å².